The van der Waals surface area contributed by atoms with Gasteiger partial charge in [0.1, 0.15) is 5.69 Å². The van der Waals surface area contributed by atoms with Crippen molar-refractivity contribution in [3.63, 3.8) is 0 Å². The number of carbonyl (C=O) groups excluding carboxylic acids is 1. The van der Waals surface area contributed by atoms with Gasteiger partial charge in [0.25, 0.3) is 5.91 Å². The molecule has 3 fully saturated rings. The summed E-state index contributed by atoms with van der Waals surface area (Å²) in [6.45, 7) is 5.55. The van der Waals surface area contributed by atoms with Gasteiger partial charge < -0.3 is 25.2 Å². The third kappa shape index (κ3) is 4.76. The number of aromatic nitrogens is 3. The van der Waals surface area contributed by atoms with Crippen LogP contribution in [-0.4, -0.2) is 73.3 Å². The van der Waals surface area contributed by atoms with Gasteiger partial charge in [0.15, 0.2) is 0 Å². The predicted molar refractivity (Wildman–Crippen MR) is 158 cm³/mol. The van der Waals surface area contributed by atoms with Gasteiger partial charge in [-0.2, -0.15) is 5.10 Å². The van der Waals surface area contributed by atoms with Crippen LogP contribution < -0.4 is 5.73 Å². The molecule has 0 bridgehead atoms. The fraction of sp³-hybridized carbons (Fsp3) is 0.469. The van der Waals surface area contributed by atoms with Crippen LogP contribution in [0.5, 0.6) is 0 Å². The lowest BCUT2D eigenvalue weighted by atomic mass is 9.88. The molecule has 1 atom stereocenters. The van der Waals surface area contributed by atoms with E-state index in [-0.39, 0.29) is 11.9 Å². The second-order valence-electron chi connectivity index (χ2n) is 12.3. The number of amides is 2. The molecule has 7 rings (SSSR count). The number of hydrogen-bond donors (Lipinski definition) is 2. The molecule has 5 heterocycles. The molecule has 2 saturated heterocycles. The second kappa shape index (κ2) is 10.2. The van der Waals surface area contributed by atoms with Gasteiger partial charge in [0, 0.05) is 55.9 Å². The summed E-state index contributed by atoms with van der Waals surface area (Å²) in [4.78, 5) is 28.2. The standard InChI is InChI=1S/C32H38N6O3/c1-20-27-10-9-24(31(39)36-13-3-5-25(33)19-36)18-38(27)34-29(20)28-16-23-4-2-6-26(30(23)37(28)17-21-7-8-21)22-11-14-35(15-12-22)32(40)41/h2,4,6,9-10,16,18,21-22,25H,3,5,7-8,11-15,17,19,33H2,1H3,(H,40,41)/t25-/m1/s1. The summed E-state index contributed by atoms with van der Waals surface area (Å²) < 4.78 is 4.34. The van der Waals surface area contributed by atoms with Gasteiger partial charge in [0.2, 0.25) is 0 Å². The lowest BCUT2D eigenvalue weighted by Crippen LogP contribution is -2.45. The van der Waals surface area contributed by atoms with Crippen molar-refractivity contribution in [3.05, 3.63) is 59.3 Å². The summed E-state index contributed by atoms with van der Waals surface area (Å²) in [6.07, 6.45) is 7.09. The normalized spacial score (nSPS) is 20.3. The van der Waals surface area contributed by atoms with Crippen LogP contribution in [-0.2, 0) is 6.54 Å². The highest BCUT2D eigenvalue weighted by Gasteiger charge is 2.30. The predicted octanol–water partition coefficient (Wildman–Crippen LogP) is 5.10. The van der Waals surface area contributed by atoms with Crippen LogP contribution in [0, 0.1) is 12.8 Å². The SMILES string of the molecule is Cc1c(-c2cc3cccc(C4CCN(C(=O)O)CC4)c3n2CC2CC2)nn2cc(C(=O)N3CCC[C@@H](N)C3)ccc12. The molecule has 3 aliphatic rings. The van der Waals surface area contributed by atoms with Crippen molar-refractivity contribution >= 4 is 28.4 Å². The first-order valence-corrected chi connectivity index (χ1v) is 15.0. The van der Waals surface area contributed by atoms with Gasteiger partial charge in [-0.05, 0) is 81.0 Å². The zero-order valence-corrected chi connectivity index (χ0v) is 23.6. The molecule has 0 unspecified atom stereocenters. The number of hydrogen-bond acceptors (Lipinski definition) is 4. The lowest BCUT2D eigenvalue weighted by molar-refractivity contribution is 0.0708. The van der Waals surface area contributed by atoms with Crippen molar-refractivity contribution in [1.29, 1.82) is 0 Å². The number of nitrogens with zero attached hydrogens (tertiary/aromatic N) is 5. The molecular formula is C32H38N6O3. The molecule has 2 aliphatic heterocycles. The average Bonchev–Trinajstić information content (AvgIpc) is 3.65. The largest absolute Gasteiger partial charge is 0.465 e. The minimum absolute atomic E-state index is 0.0122. The fourth-order valence-electron chi connectivity index (χ4n) is 6.93. The maximum atomic E-state index is 13.3. The van der Waals surface area contributed by atoms with Crippen molar-refractivity contribution < 1.29 is 14.7 Å². The zero-order valence-electron chi connectivity index (χ0n) is 23.6. The van der Waals surface area contributed by atoms with Crippen LogP contribution in [0.1, 0.15) is 65.9 Å². The molecule has 2 amide bonds. The van der Waals surface area contributed by atoms with Gasteiger partial charge in [-0.3, -0.25) is 4.79 Å². The highest BCUT2D eigenvalue weighted by molar-refractivity contribution is 5.95. The fourth-order valence-corrected chi connectivity index (χ4v) is 6.93. The van der Waals surface area contributed by atoms with E-state index in [1.807, 2.05) is 27.7 Å². The molecule has 214 valence electrons. The summed E-state index contributed by atoms with van der Waals surface area (Å²) in [5.41, 5.74) is 13.5. The maximum Gasteiger partial charge on any atom is 0.407 e. The van der Waals surface area contributed by atoms with E-state index in [4.69, 9.17) is 10.8 Å². The van der Waals surface area contributed by atoms with Gasteiger partial charge in [-0.15, -0.1) is 0 Å². The van der Waals surface area contributed by atoms with Crippen LogP contribution in [0.3, 0.4) is 0 Å². The van der Waals surface area contributed by atoms with Crippen LogP contribution in [0.15, 0.2) is 42.6 Å². The molecule has 3 N–H and O–H groups in total. The van der Waals surface area contributed by atoms with Crippen LogP contribution >= 0.6 is 0 Å². The van der Waals surface area contributed by atoms with Crippen LogP contribution in [0.25, 0.3) is 27.8 Å². The lowest BCUT2D eigenvalue weighted by Gasteiger charge is -2.31. The third-order valence-electron chi connectivity index (χ3n) is 9.41. The Balaban J connectivity index is 1.28. The number of pyridine rings is 1. The van der Waals surface area contributed by atoms with E-state index in [1.165, 1.54) is 34.2 Å². The topological polar surface area (TPSA) is 109 Å². The number of piperidine rings is 2. The molecule has 0 radical (unpaired) electrons. The zero-order chi connectivity index (χ0) is 28.2. The van der Waals surface area contributed by atoms with E-state index >= 15 is 0 Å². The minimum atomic E-state index is -0.826. The second-order valence-corrected chi connectivity index (χ2v) is 12.3. The van der Waals surface area contributed by atoms with E-state index in [0.29, 0.717) is 37.0 Å². The smallest absolute Gasteiger partial charge is 0.407 e. The van der Waals surface area contributed by atoms with E-state index < -0.39 is 6.09 Å². The molecule has 4 aromatic rings. The van der Waals surface area contributed by atoms with Crippen LogP contribution in [0.2, 0.25) is 0 Å². The molecule has 1 aliphatic carbocycles. The Bertz CT molecular complexity index is 1640. The van der Waals surface area contributed by atoms with E-state index in [9.17, 15) is 14.7 Å². The van der Waals surface area contributed by atoms with E-state index in [0.717, 1.165) is 61.2 Å². The first-order valence-electron chi connectivity index (χ1n) is 15.0. The quantitative estimate of drug-likeness (QED) is 0.357. The molecule has 1 saturated carbocycles. The minimum Gasteiger partial charge on any atom is -0.465 e. The number of benzene rings is 1. The van der Waals surface area contributed by atoms with E-state index in [2.05, 4.69) is 35.8 Å². The van der Waals surface area contributed by atoms with E-state index in [1.54, 1.807) is 0 Å². The summed E-state index contributed by atoms with van der Waals surface area (Å²) in [5.74, 6) is 1.01. The highest BCUT2D eigenvalue weighted by atomic mass is 16.4. The summed E-state index contributed by atoms with van der Waals surface area (Å²) in [6, 6.07) is 12.8. The number of likely N-dealkylation sites (tertiary alicyclic amines) is 2. The van der Waals surface area contributed by atoms with Gasteiger partial charge in [-0.25, -0.2) is 9.31 Å². The highest BCUT2D eigenvalue weighted by Crippen LogP contribution is 2.41. The number of nitrogens with two attached hydrogens (primary N) is 1. The van der Waals surface area contributed by atoms with Crippen molar-refractivity contribution in [2.45, 2.75) is 64.0 Å². The number of rotatable bonds is 5. The Morgan fingerprint density at radius 1 is 1.02 bits per heavy atom. The average molecular weight is 555 g/mol. The summed E-state index contributed by atoms with van der Waals surface area (Å²) in [5, 5.41) is 15.7. The molecular weight excluding hydrogens is 516 g/mol. The van der Waals surface area contributed by atoms with Crippen molar-refractivity contribution in [3.8, 4) is 11.4 Å². The number of para-hydroxylation sites is 1. The number of carboxylic acid groups (broad SMARTS) is 1. The molecule has 1 aromatic carbocycles. The monoisotopic (exact) mass is 554 g/mol. The van der Waals surface area contributed by atoms with Gasteiger partial charge in [-0.1, -0.05) is 18.2 Å². The maximum absolute atomic E-state index is 13.3. The number of aryl methyl sites for hydroxylation is 1. The Hall–Kier alpha value is -3.85. The first-order chi connectivity index (χ1) is 19.9. The Kier molecular flexibility index (Phi) is 6.49. The Morgan fingerprint density at radius 2 is 1.83 bits per heavy atom. The first kappa shape index (κ1) is 26.1. The Labute approximate surface area is 239 Å². The van der Waals surface area contributed by atoms with Crippen molar-refractivity contribution in [1.82, 2.24) is 24.0 Å². The summed E-state index contributed by atoms with van der Waals surface area (Å²) in [7, 11) is 0. The molecule has 0 spiro atoms. The molecule has 3 aromatic heterocycles. The number of fused-ring (bicyclic) bond motifs is 2. The van der Waals surface area contributed by atoms with Gasteiger partial charge >= 0.3 is 6.09 Å². The molecule has 9 nitrogen and oxygen atoms in total. The summed E-state index contributed by atoms with van der Waals surface area (Å²) >= 11 is 0. The molecule has 9 heteroatoms. The van der Waals surface area contributed by atoms with Crippen molar-refractivity contribution in [2.75, 3.05) is 26.2 Å². The van der Waals surface area contributed by atoms with Gasteiger partial charge in [0.05, 0.1) is 22.3 Å². The third-order valence-corrected chi connectivity index (χ3v) is 9.41. The number of carbonyl (C=O) groups is 2. The van der Waals surface area contributed by atoms with Crippen LogP contribution in [0.4, 0.5) is 4.79 Å². The van der Waals surface area contributed by atoms with Crippen molar-refractivity contribution in [2.24, 2.45) is 11.7 Å². The Morgan fingerprint density at radius 3 is 2.56 bits per heavy atom. The molecule has 41 heavy (non-hydrogen) atoms.